The minimum atomic E-state index is -0.877. The minimum Gasteiger partial charge on any atom is -0.353 e. The number of fused-ring (bicyclic) bond motifs is 1. The molecule has 0 amide bonds. The molecule has 2 heterocycles. The van der Waals surface area contributed by atoms with Crippen molar-refractivity contribution in [2.75, 3.05) is 5.32 Å². The van der Waals surface area contributed by atoms with Crippen molar-refractivity contribution >= 4 is 22.3 Å². The van der Waals surface area contributed by atoms with E-state index >= 15 is 0 Å². The van der Waals surface area contributed by atoms with E-state index in [1.807, 2.05) is 12.1 Å². The average Bonchev–Trinajstić information content (AvgIpc) is 3.08. The van der Waals surface area contributed by atoms with E-state index < -0.39 is 11.6 Å². The molecule has 2 N–H and O–H groups in total. The second kappa shape index (κ2) is 6.40. The number of benzene rings is 2. The number of rotatable bonds is 4. The predicted octanol–water partition coefficient (Wildman–Crippen LogP) is 4.99. The first-order chi connectivity index (χ1) is 12.6. The number of aromatic amines is 1. The zero-order valence-electron chi connectivity index (χ0n) is 13.6. The summed E-state index contributed by atoms with van der Waals surface area (Å²) in [6.45, 7) is 4.02. The van der Waals surface area contributed by atoms with Gasteiger partial charge in [0.1, 0.15) is 5.69 Å². The third-order valence-corrected chi connectivity index (χ3v) is 4.07. The van der Waals surface area contributed by atoms with E-state index in [1.54, 1.807) is 36.7 Å². The monoisotopic (exact) mass is 348 g/mol. The van der Waals surface area contributed by atoms with Gasteiger partial charge in [-0.1, -0.05) is 24.8 Å². The van der Waals surface area contributed by atoms with E-state index in [9.17, 15) is 8.78 Å². The molecule has 4 aromatic rings. The number of nitrogens with zero attached hydrogens (tertiary/aromatic N) is 2. The molecule has 4 rings (SSSR count). The molecule has 26 heavy (non-hydrogen) atoms. The lowest BCUT2D eigenvalue weighted by Crippen LogP contribution is -1.98. The number of anilines is 1. The van der Waals surface area contributed by atoms with Crippen LogP contribution in [0.25, 0.3) is 27.7 Å². The van der Waals surface area contributed by atoms with E-state index in [1.165, 1.54) is 6.07 Å². The van der Waals surface area contributed by atoms with Gasteiger partial charge in [-0.2, -0.15) is 5.10 Å². The summed E-state index contributed by atoms with van der Waals surface area (Å²) in [5, 5.41) is 11.1. The van der Waals surface area contributed by atoms with Gasteiger partial charge in [-0.15, -0.1) is 0 Å². The van der Waals surface area contributed by atoms with Gasteiger partial charge >= 0.3 is 0 Å². The summed E-state index contributed by atoms with van der Waals surface area (Å²) in [5.74, 6) is -1.75. The molecule has 0 aliphatic heterocycles. The Kier molecular flexibility index (Phi) is 3.93. The quantitative estimate of drug-likeness (QED) is 0.546. The Hall–Kier alpha value is -3.54. The van der Waals surface area contributed by atoms with Crippen molar-refractivity contribution in [3.63, 3.8) is 0 Å². The van der Waals surface area contributed by atoms with Gasteiger partial charge in [-0.05, 0) is 35.9 Å². The van der Waals surface area contributed by atoms with E-state index in [2.05, 4.69) is 27.1 Å². The van der Waals surface area contributed by atoms with Gasteiger partial charge in [-0.3, -0.25) is 10.1 Å². The molecule has 0 unspecified atom stereocenters. The molecule has 2 aromatic carbocycles. The van der Waals surface area contributed by atoms with Gasteiger partial charge in [0.05, 0.1) is 23.1 Å². The van der Waals surface area contributed by atoms with Crippen LogP contribution in [0.4, 0.5) is 14.5 Å². The van der Waals surface area contributed by atoms with Crippen molar-refractivity contribution in [2.45, 2.75) is 0 Å². The number of H-pyrrole nitrogens is 1. The maximum atomic E-state index is 14.1. The molecule has 0 aliphatic carbocycles. The van der Waals surface area contributed by atoms with Crippen LogP contribution in [0.3, 0.4) is 0 Å². The fourth-order valence-electron chi connectivity index (χ4n) is 2.81. The Bertz CT molecular complexity index is 1100. The summed E-state index contributed by atoms with van der Waals surface area (Å²) in [6, 6.07) is 13.1. The lowest BCUT2D eigenvalue weighted by Gasteiger charge is -2.08. The van der Waals surface area contributed by atoms with Crippen LogP contribution in [0, 0.1) is 11.6 Å². The summed E-state index contributed by atoms with van der Waals surface area (Å²) in [6.07, 6.45) is 3.35. The van der Waals surface area contributed by atoms with E-state index in [0.717, 1.165) is 22.7 Å². The molecular formula is C20H14F2N4. The Balaban J connectivity index is 1.75. The number of pyridine rings is 1. The summed E-state index contributed by atoms with van der Waals surface area (Å²) >= 11 is 0. The van der Waals surface area contributed by atoms with Crippen LogP contribution >= 0.6 is 0 Å². The molecule has 0 radical (unpaired) electrons. The summed E-state index contributed by atoms with van der Waals surface area (Å²) in [7, 11) is 0. The average molecular weight is 348 g/mol. The van der Waals surface area contributed by atoms with Crippen molar-refractivity contribution in [1.29, 1.82) is 0 Å². The fraction of sp³-hybridized carbons (Fsp3) is 0. The summed E-state index contributed by atoms with van der Waals surface area (Å²) in [4.78, 5) is 4.04. The first kappa shape index (κ1) is 16.0. The van der Waals surface area contributed by atoms with Crippen molar-refractivity contribution in [2.24, 2.45) is 0 Å². The SMILES string of the molecule is C=C(Nc1cccnc1)c1n[nH]c2ccc(-c3cccc(F)c3F)cc12. The molecule has 0 saturated heterocycles. The van der Waals surface area contributed by atoms with Crippen LogP contribution in [0.2, 0.25) is 0 Å². The lowest BCUT2D eigenvalue weighted by atomic mass is 10.0. The molecule has 2 aromatic heterocycles. The van der Waals surface area contributed by atoms with Crippen LogP contribution in [-0.2, 0) is 0 Å². The van der Waals surface area contributed by atoms with Gasteiger partial charge < -0.3 is 5.32 Å². The zero-order valence-corrected chi connectivity index (χ0v) is 13.6. The Labute approximate surface area is 148 Å². The van der Waals surface area contributed by atoms with Crippen LogP contribution in [0.1, 0.15) is 5.69 Å². The molecule has 0 saturated carbocycles. The Morgan fingerprint density at radius 1 is 1.08 bits per heavy atom. The molecular weight excluding hydrogens is 334 g/mol. The van der Waals surface area contributed by atoms with Crippen LogP contribution < -0.4 is 5.32 Å². The highest BCUT2D eigenvalue weighted by molar-refractivity contribution is 5.95. The summed E-state index contributed by atoms with van der Waals surface area (Å²) in [5.41, 5.74) is 3.48. The molecule has 0 fully saturated rings. The number of halogens is 2. The van der Waals surface area contributed by atoms with Gasteiger partial charge in [0.2, 0.25) is 0 Å². The van der Waals surface area contributed by atoms with Gasteiger partial charge in [0.15, 0.2) is 11.6 Å². The highest BCUT2D eigenvalue weighted by Gasteiger charge is 2.14. The zero-order chi connectivity index (χ0) is 18.1. The maximum absolute atomic E-state index is 14.1. The first-order valence-corrected chi connectivity index (χ1v) is 7.92. The van der Waals surface area contributed by atoms with Crippen molar-refractivity contribution in [1.82, 2.24) is 15.2 Å². The standard InChI is InChI=1S/C20H14F2N4/c1-12(24-14-4-3-9-23-11-14)20-16-10-13(7-8-18(16)25-26-20)15-5-2-6-17(21)19(15)22/h2-11,24H,1H2,(H,25,26). The molecule has 128 valence electrons. The Morgan fingerprint density at radius 3 is 2.77 bits per heavy atom. The van der Waals surface area contributed by atoms with Gasteiger partial charge in [0, 0.05) is 17.1 Å². The highest BCUT2D eigenvalue weighted by atomic mass is 19.2. The van der Waals surface area contributed by atoms with E-state index in [4.69, 9.17) is 0 Å². The van der Waals surface area contributed by atoms with Crippen molar-refractivity contribution in [3.05, 3.63) is 84.8 Å². The van der Waals surface area contributed by atoms with Crippen molar-refractivity contribution < 1.29 is 8.78 Å². The normalized spacial score (nSPS) is 10.8. The third kappa shape index (κ3) is 2.82. The second-order valence-electron chi connectivity index (χ2n) is 5.78. The first-order valence-electron chi connectivity index (χ1n) is 7.92. The molecule has 0 spiro atoms. The predicted molar refractivity (Wildman–Crippen MR) is 98.3 cm³/mol. The van der Waals surface area contributed by atoms with Gasteiger partial charge in [0.25, 0.3) is 0 Å². The molecule has 0 atom stereocenters. The smallest absolute Gasteiger partial charge is 0.166 e. The van der Waals surface area contributed by atoms with E-state index in [-0.39, 0.29) is 5.56 Å². The summed E-state index contributed by atoms with van der Waals surface area (Å²) < 4.78 is 27.7. The number of hydrogen-bond donors (Lipinski definition) is 2. The second-order valence-corrected chi connectivity index (χ2v) is 5.78. The number of nitrogens with one attached hydrogen (secondary N) is 2. The van der Waals surface area contributed by atoms with Crippen LogP contribution in [-0.4, -0.2) is 15.2 Å². The molecule has 4 nitrogen and oxygen atoms in total. The van der Waals surface area contributed by atoms with E-state index in [0.29, 0.717) is 17.0 Å². The molecule has 6 heteroatoms. The van der Waals surface area contributed by atoms with Crippen LogP contribution in [0.15, 0.2) is 67.5 Å². The van der Waals surface area contributed by atoms with Crippen LogP contribution in [0.5, 0.6) is 0 Å². The molecule has 0 bridgehead atoms. The van der Waals surface area contributed by atoms with Gasteiger partial charge in [-0.25, -0.2) is 8.78 Å². The topological polar surface area (TPSA) is 53.6 Å². The number of hydrogen-bond acceptors (Lipinski definition) is 3. The lowest BCUT2D eigenvalue weighted by molar-refractivity contribution is 0.511. The van der Waals surface area contributed by atoms with Crippen molar-refractivity contribution in [3.8, 4) is 11.1 Å². The highest BCUT2D eigenvalue weighted by Crippen LogP contribution is 2.30. The fourth-order valence-corrected chi connectivity index (χ4v) is 2.81. The minimum absolute atomic E-state index is 0.199. The Morgan fingerprint density at radius 2 is 1.96 bits per heavy atom. The third-order valence-electron chi connectivity index (χ3n) is 4.07. The molecule has 0 aliphatic rings. The number of aromatic nitrogens is 3. The maximum Gasteiger partial charge on any atom is 0.166 e. The largest absolute Gasteiger partial charge is 0.353 e.